The van der Waals surface area contributed by atoms with Crippen LogP contribution in [-0.2, 0) is 16.0 Å². The molecule has 0 bridgehead atoms. The van der Waals surface area contributed by atoms with Gasteiger partial charge in [-0.25, -0.2) is 4.98 Å². The number of ether oxygens (including phenoxy) is 2. The van der Waals surface area contributed by atoms with Gasteiger partial charge in [-0.2, -0.15) is 0 Å². The molecule has 1 amide bonds. The van der Waals surface area contributed by atoms with Crippen molar-refractivity contribution in [3.8, 4) is 16.3 Å². The Balaban J connectivity index is 1.33. The zero-order valence-electron chi connectivity index (χ0n) is 16.4. The van der Waals surface area contributed by atoms with Crippen molar-refractivity contribution in [2.75, 3.05) is 19.8 Å². The molecule has 0 radical (unpaired) electrons. The Morgan fingerprint density at radius 3 is 2.90 bits per heavy atom. The number of fused-ring (bicyclic) bond motifs is 2. The van der Waals surface area contributed by atoms with Gasteiger partial charge < -0.3 is 14.8 Å². The standard InChI is InChI=1S/C23H24N2O3S/c1-14-10-16-12-17(13-24-22(26)15-6-8-27-9-7-15)28-21(16)18(11-14)23-25-19-4-2-3-5-20(19)29-23/h2-5,10-11,15,17H,6-9,12-13H2,1H3,(H,24,26)/t17-/m0/s1. The monoisotopic (exact) mass is 408 g/mol. The zero-order valence-corrected chi connectivity index (χ0v) is 17.3. The summed E-state index contributed by atoms with van der Waals surface area (Å²) < 4.78 is 12.8. The molecule has 3 aromatic rings. The van der Waals surface area contributed by atoms with Crippen molar-refractivity contribution in [1.29, 1.82) is 0 Å². The molecule has 150 valence electrons. The summed E-state index contributed by atoms with van der Waals surface area (Å²) in [5.74, 6) is 1.10. The molecule has 5 rings (SSSR count). The summed E-state index contributed by atoms with van der Waals surface area (Å²) in [4.78, 5) is 17.3. The number of aryl methyl sites for hydroxylation is 1. The van der Waals surface area contributed by atoms with Crippen LogP contribution in [0.1, 0.15) is 24.0 Å². The molecule has 0 spiro atoms. The number of benzene rings is 2. The van der Waals surface area contributed by atoms with E-state index in [0.29, 0.717) is 19.8 Å². The molecular formula is C23H24N2O3S. The van der Waals surface area contributed by atoms with E-state index < -0.39 is 0 Å². The van der Waals surface area contributed by atoms with Crippen LogP contribution in [0.2, 0.25) is 0 Å². The molecule has 1 aromatic heterocycles. The average molecular weight is 409 g/mol. The first-order chi connectivity index (χ1) is 14.2. The number of hydrogen-bond acceptors (Lipinski definition) is 5. The molecule has 1 atom stereocenters. The third-order valence-electron chi connectivity index (χ3n) is 5.66. The lowest BCUT2D eigenvalue weighted by Gasteiger charge is -2.22. The number of nitrogens with one attached hydrogen (secondary N) is 1. The Labute approximate surface area is 174 Å². The highest BCUT2D eigenvalue weighted by Gasteiger charge is 2.29. The molecule has 1 saturated heterocycles. The molecule has 2 aliphatic rings. The Morgan fingerprint density at radius 2 is 2.07 bits per heavy atom. The smallest absolute Gasteiger partial charge is 0.223 e. The molecule has 1 fully saturated rings. The summed E-state index contributed by atoms with van der Waals surface area (Å²) in [6.07, 6.45) is 2.38. The largest absolute Gasteiger partial charge is 0.487 e. The van der Waals surface area contributed by atoms with Crippen LogP contribution < -0.4 is 10.1 Å². The van der Waals surface area contributed by atoms with Crippen molar-refractivity contribution in [1.82, 2.24) is 10.3 Å². The van der Waals surface area contributed by atoms with Gasteiger partial charge in [-0.3, -0.25) is 4.79 Å². The Hall–Kier alpha value is -2.44. The SMILES string of the molecule is Cc1cc2c(c(-c3nc4ccccc4s3)c1)O[C@H](CNC(=O)C1CCOCC1)C2. The van der Waals surface area contributed by atoms with Crippen LogP contribution in [0.15, 0.2) is 36.4 Å². The van der Waals surface area contributed by atoms with E-state index in [9.17, 15) is 4.79 Å². The topological polar surface area (TPSA) is 60.5 Å². The van der Waals surface area contributed by atoms with Gasteiger partial charge in [-0.1, -0.05) is 18.2 Å². The minimum Gasteiger partial charge on any atom is -0.487 e. The lowest BCUT2D eigenvalue weighted by Crippen LogP contribution is -2.39. The predicted octanol–water partition coefficient (Wildman–Crippen LogP) is 4.12. The lowest BCUT2D eigenvalue weighted by molar-refractivity contribution is -0.128. The van der Waals surface area contributed by atoms with E-state index in [1.54, 1.807) is 11.3 Å². The van der Waals surface area contributed by atoms with Crippen molar-refractivity contribution >= 4 is 27.5 Å². The number of rotatable bonds is 4. The van der Waals surface area contributed by atoms with E-state index in [1.807, 2.05) is 18.2 Å². The van der Waals surface area contributed by atoms with E-state index in [1.165, 1.54) is 15.8 Å². The third-order valence-corrected chi connectivity index (χ3v) is 6.73. The van der Waals surface area contributed by atoms with Crippen LogP contribution in [0.3, 0.4) is 0 Å². The first-order valence-corrected chi connectivity index (χ1v) is 11.0. The van der Waals surface area contributed by atoms with Gasteiger partial charge in [-0.15, -0.1) is 11.3 Å². The van der Waals surface area contributed by atoms with E-state index in [0.717, 1.165) is 41.1 Å². The third kappa shape index (κ3) is 3.74. The molecule has 2 aromatic carbocycles. The fourth-order valence-electron chi connectivity index (χ4n) is 4.17. The number of amides is 1. The molecule has 0 saturated carbocycles. The van der Waals surface area contributed by atoms with Crippen LogP contribution in [0.5, 0.6) is 5.75 Å². The summed E-state index contributed by atoms with van der Waals surface area (Å²) in [6.45, 7) is 3.99. The second kappa shape index (κ2) is 7.76. The first kappa shape index (κ1) is 18.6. The van der Waals surface area contributed by atoms with Crippen LogP contribution in [0.4, 0.5) is 0 Å². The van der Waals surface area contributed by atoms with Crippen LogP contribution in [0.25, 0.3) is 20.8 Å². The number of nitrogens with zero attached hydrogens (tertiary/aromatic N) is 1. The van der Waals surface area contributed by atoms with Crippen LogP contribution >= 0.6 is 11.3 Å². The van der Waals surface area contributed by atoms with Crippen molar-refractivity contribution in [2.24, 2.45) is 5.92 Å². The molecule has 0 aliphatic carbocycles. The number of aromatic nitrogens is 1. The molecule has 0 unspecified atom stereocenters. The lowest BCUT2D eigenvalue weighted by atomic mass is 9.99. The van der Waals surface area contributed by atoms with Gasteiger partial charge in [0.1, 0.15) is 16.9 Å². The Kier molecular flexibility index (Phi) is 4.97. The summed E-state index contributed by atoms with van der Waals surface area (Å²) in [6, 6.07) is 12.5. The molecule has 29 heavy (non-hydrogen) atoms. The molecular weight excluding hydrogens is 384 g/mol. The van der Waals surface area contributed by atoms with Gasteiger partial charge >= 0.3 is 0 Å². The van der Waals surface area contributed by atoms with E-state index in [2.05, 4.69) is 30.4 Å². The number of thiazole rings is 1. The van der Waals surface area contributed by atoms with Crippen molar-refractivity contribution < 1.29 is 14.3 Å². The average Bonchev–Trinajstić information content (AvgIpc) is 3.35. The normalized spacial score (nSPS) is 19.1. The van der Waals surface area contributed by atoms with Crippen molar-refractivity contribution in [3.63, 3.8) is 0 Å². The van der Waals surface area contributed by atoms with Gasteiger partial charge in [-0.05, 0) is 49.1 Å². The number of hydrogen-bond donors (Lipinski definition) is 1. The predicted molar refractivity (Wildman–Crippen MR) is 114 cm³/mol. The maximum Gasteiger partial charge on any atom is 0.223 e. The van der Waals surface area contributed by atoms with E-state index in [4.69, 9.17) is 14.5 Å². The number of carbonyl (C=O) groups is 1. The highest BCUT2D eigenvalue weighted by atomic mass is 32.1. The summed E-state index contributed by atoms with van der Waals surface area (Å²) >= 11 is 1.69. The molecule has 3 heterocycles. The molecule has 2 aliphatic heterocycles. The van der Waals surface area contributed by atoms with Gasteiger partial charge in [0, 0.05) is 25.6 Å². The first-order valence-electron chi connectivity index (χ1n) is 10.2. The summed E-state index contributed by atoms with van der Waals surface area (Å²) in [5, 5.41) is 4.08. The van der Waals surface area contributed by atoms with Crippen LogP contribution in [-0.4, -0.2) is 36.8 Å². The number of carbonyl (C=O) groups excluding carboxylic acids is 1. The van der Waals surface area contributed by atoms with Gasteiger partial charge in [0.2, 0.25) is 5.91 Å². The highest BCUT2D eigenvalue weighted by Crippen LogP contribution is 2.42. The minimum atomic E-state index is -0.0382. The highest BCUT2D eigenvalue weighted by molar-refractivity contribution is 7.21. The second-order valence-electron chi connectivity index (χ2n) is 7.86. The quantitative estimate of drug-likeness (QED) is 0.706. The summed E-state index contributed by atoms with van der Waals surface area (Å²) in [5.41, 5.74) is 4.47. The zero-order chi connectivity index (χ0) is 19.8. The maximum atomic E-state index is 12.4. The Bertz CT molecular complexity index is 1020. The van der Waals surface area contributed by atoms with Gasteiger partial charge in [0.25, 0.3) is 0 Å². The number of para-hydroxylation sites is 1. The van der Waals surface area contributed by atoms with E-state index in [-0.39, 0.29) is 17.9 Å². The molecule has 5 nitrogen and oxygen atoms in total. The van der Waals surface area contributed by atoms with Crippen molar-refractivity contribution in [3.05, 3.63) is 47.5 Å². The van der Waals surface area contributed by atoms with Crippen molar-refractivity contribution in [2.45, 2.75) is 32.3 Å². The molecule has 6 heteroatoms. The van der Waals surface area contributed by atoms with Gasteiger partial charge in [0.05, 0.1) is 22.3 Å². The maximum absolute atomic E-state index is 12.4. The summed E-state index contributed by atoms with van der Waals surface area (Å²) in [7, 11) is 0. The molecule has 1 N–H and O–H groups in total. The van der Waals surface area contributed by atoms with Gasteiger partial charge in [0.15, 0.2) is 0 Å². The fourth-order valence-corrected chi connectivity index (χ4v) is 5.15. The minimum absolute atomic E-state index is 0.0382. The Morgan fingerprint density at radius 1 is 1.24 bits per heavy atom. The second-order valence-corrected chi connectivity index (χ2v) is 8.89. The van der Waals surface area contributed by atoms with Crippen LogP contribution in [0, 0.1) is 12.8 Å². The fraction of sp³-hybridized carbons (Fsp3) is 0.391. The van der Waals surface area contributed by atoms with E-state index >= 15 is 0 Å².